The van der Waals surface area contributed by atoms with Crippen LogP contribution in [0.1, 0.15) is 16.4 Å². The normalized spacial score (nSPS) is 11.2. The third-order valence-corrected chi connectivity index (χ3v) is 3.76. The summed E-state index contributed by atoms with van der Waals surface area (Å²) in [4.78, 5) is 18.7. The molecule has 0 aliphatic carbocycles. The molecular weight excluding hydrogens is 288 g/mol. The number of nitrogens with two attached hydrogens (primary N) is 1. The second-order valence-electron chi connectivity index (χ2n) is 3.61. The zero-order chi connectivity index (χ0) is 14.8. The summed E-state index contributed by atoms with van der Waals surface area (Å²) in [6, 6.07) is 0. The molecule has 106 valence electrons. The molecule has 11 heteroatoms. The van der Waals surface area contributed by atoms with Crippen LogP contribution in [0.4, 0.5) is 0 Å². The number of nitrogens with zero attached hydrogens (tertiary/aromatic N) is 5. The topological polar surface area (TPSA) is 143 Å². The van der Waals surface area contributed by atoms with E-state index in [1.165, 1.54) is 19.5 Å². The summed E-state index contributed by atoms with van der Waals surface area (Å²) in [6.45, 7) is 0. The second-order valence-corrected chi connectivity index (χ2v) is 5.46. The molecule has 0 saturated carbocycles. The Morgan fingerprint density at radius 2 is 2.05 bits per heavy atom. The highest BCUT2D eigenvalue weighted by atomic mass is 32.2. The number of methoxy groups -OCH3 is 1. The van der Waals surface area contributed by atoms with Gasteiger partial charge in [-0.1, -0.05) is 0 Å². The van der Waals surface area contributed by atoms with Crippen molar-refractivity contribution in [2.75, 3.05) is 7.11 Å². The molecule has 10 nitrogen and oxygen atoms in total. The number of hydrogen-bond acceptors (Lipinski definition) is 8. The first-order valence-electron chi connectivity index (χ1n) is 5.22. The van der Waals surface area contributed by atoms with E-state index in [-0.39, 0.29) is 5.82 Å². The zero-order valence-electron chi connectivity index (χ0n) is 10.3. The number of rotatable bonds is 5. The maximum Gasteiger partial charge on any atom is 0.287 e. The highest BCUT2D eigenvalue weighted by Crippen LogP contribution is 2.09. The summed E-state index contributed by atoms with van der Waals surface area (Å²) in [5, 5.41) is 6.70. The van der Waals surface area contributed by atoms with Gasteiger partial charge < -0.3 is 10.5 Å². The predicted octanol–water partition coefficient (Wildman–Crippen LogP) is -1.45. The molecule has 2 N–H and O–H groups in total. The molecule has 2 aromatic heterocycles. The molecule has 2 rings (SSSR count). The Hall–Kier alpha value is -2.56. The quantitative estimate of drug-likeness (QED) is 0.706. The van der Waals surface area contributed by atoms with Crippen molar-refractivity contribution in [2.24, 2.45) is 5.73 Å². The van der Waals surface area contributed by atoms with Crippen LogP contribution in [0.25, 0.3) is 0 Å². The zero-order valence-corrected chi connectivity index (χ0v) is 11.1. The third-order valence-electron chi connectivity index (χ3n) is 2.27. The van der Waals surface area contributed by atoms with Crippen molar-refractivity contribution in [1.29, 1.82) is 0 Å². The smallest absolute Gasteiger partial charge is 0.287 e. The first-order valence-corrected chi connectivity index (χ1v) is 6.83. The van der Waals surface area contributed by atoms with Gasteiger partial charge in [0.15, 0.2) is 5.75 Å². The van der Waals surface area contributed by atoms with E-state index in [4.69, 9.17) is 10.5 Å². The lowest BCUT2D eigenvalue weighted by molar-refractivity contribution is 0.0989. The Bertz CT molecular complexity index is 723. The first-order chi connectivity index (χ1) is 9.44. The van der Waals surface area contributed by atoms with Crippen LogP contribution in [-0.2, 0) is 15.8 Å². The second kappa shape index (κ2) is 5.21. The van der Waals surface area contributed by atoms with Gasteiger partial charge in [0.25, 0.3) is 5.91 Å². The molecule has 2 heterocycles. The molecule has 0 unspecified atom stereocenters. The molecule has 2 aromatic rings. The Morgan fingerprint density at radius 1 is 1.40 bits per heavy atom. The van der Waals surface area contributed by atoms with Gasteiger partial charge in [-0.05, 0) is 0 Å². The Morgan fingerprint density at radius 3 is 2.60 bits per heavy atom. The Balaban J connectivity index is 2.30. The van der Waals surface area contributed by atoms with Crippen LogP contribution in [-0.4, -0.2) is 45.6 Å². The minimum absolute atomic E-state index is 0.0370. The van der Waals surface area contributed by atoms with E-state index in [0.29, 0.717) is 9.72 Å². The van der Waals surface area contributed by atoms with Crippen molar-refractivity contribution >= 4 is 15.9 Å². The van der Waals surface area contributed by atoms with Crippen molar-refractivity contribution in [3.05, 3.63) is 30.4 Å². The minimum Gasteiger partial charge on any atom is -0.494 e. The molecule has 1 amide bonds. The lowest BCUT2D eigenvalue weighted by Crippen LogP contribution is -2.24. The lowest BCUT2D eigenvalue weighted by atomic mass is 10.6. The standard InChI is InChI=1S/C9H10N6O4S/c1-19-6-2-11-7(12-3-6)4-20(17,18)15-5-13-14-9(15)8(10)16/h2-3,5H,4H2,1H3,(H2,10,16). The van der Waals surface area contributed by atoms with E-state index in [9.17, 15) is 13.2 Å². The molecule has 0 aliphatic rings. The van der Waals surface area contributed by atoms with Gasteiger partial charge in [0.05, 0.1) is 19.5 Å². The van der Waals surface area contributed by atoms with Gasteiger partial charge in [0.2, 0.25) is 15.8 Å². The molecule has 0 aromatic carbocycles. The van der Waals surface area contributed by atoms with Crippen molar-refractivity contribution < 1.29 is 17.9 Å². The van der Waals surface area contributed by atoms with Crippen LogP contribution < -0.4 is 10.5 Å². The number of ether oxygens (including phenoxy) is 1. The number of hydrogen-bond donors (Lipinski definition) is 1. The fourth-order valence-corrected chi connectivity index (χ4v) is 2.53. The van der Waals surface area contributed by atoms with E-state index in [1.54, 1.807) is 0 Å². The van der Waals surface area contributed by atoms with Crippen molar-refractivity contribution in [1.82, 2.24) is 24.1 Å². The lowest BCUT2D eigenvalue weighted by Gasteiger charge is -2.05. The average Bonchev–Trinajstić information content (AvgIpc) is 2.89. The van der Waals surface area contributed by atoms with E-state index in [0.717, 1.165) is 6.33 Å². The summed E-state index contributed by atoms with van der Waals surface area (Å²) in [6.07, 6.45) is 3.55. The first kappa shape index (κ1) is 13.9. The average molecular weight is 298 g/mol. The molecule has 0 bridgehead atoms. The summed E-state index contributed by atoms with van der Waals surface area (Å²) in [7, 11) is -2.50. The maximum absolute atomic E-state index is 12.1. The number of carbonyl (C=O) groups excluding carboxylic acids is 1. The van der Waals surface area contributed by atoms with Crippen molar-refractivity contribution in [3.8, 4) is 5.75 Å². The van der Waals surface area contributed by atoms with Crippen LogP contribution in [0.3, 0.4) is 0 Å². The van der Waals surface area contributed by atoms with Gasteiger partial charge in [-0.3, -0.25) is 4.79 Å². The number of primary amides is 1. The highest BCUT2D eigenvalue weighted by Gasteiger charge is 2.23. The van der Waals surface area contributed by atoms with E-state index in [1.807, 2.05) is 0 Å². The van der Waals surface area contributed by atoms with E-state index < -0.39 is 27.5 Å². The molecule has 20 heavy (non-hydrogen) atoms. The Labute approximate surface area is 113 Å². The van der Waals surface area contributed by atoms with Crippen LogP contribution in [0.5, 0.6) is 5.75 Å². The fraction of sp³-hybridized carbons (Fsp3) is 0.222. The molecule has 0 fully saturated rings. The monoisotopic (exact) mass is 298 g/mol. The van der Waals surface area contributed by atoms with Crippen LogP contribution >= 0.6 is 0 Å². The molecule has 0 saturated heterocycles. The molecule has 0 spiro atoms. The van der Waals surface area contributed by atoms with Gasteiger partial charge in [-0.25, -0.2) is 22.4 Å². The summed E-state index contributed by atoms with van der Waals surface area (Å²) < 4.78 is 29.7. The van der Waals surface area contributed by atoms with Crippen molar-refractivity contribution in [2.45, 2.75) is 5.75 Å². The summed E-state index contributed by atoms with van der Waals surface area (Å²) >= 11 is 0. The van der Waals surface area contributed by atoms with Gasteiger partial charge in [-0.2, -0.15) is 0 Å². The Kier molecular flexibility index (Phi) is 3.61. The van der Waals surface area contributed by atoms with Gasteiger partial charge >= 0.3 is 0 Å². The number of aromatic nitrogens is 5. The molecule has 0 radical (unpaired) electrons. The highest BCUT2D eigenvalue weighted by molar-refractivity contribution is 7.89. The fourth-order valence-electron chi connectivity index (χ4n) is 1.34. The van der Waals surface area contributed by atoms with Gasteiger partial charge in [0, 0.05) is 0 Å². The number of amides is 1. The predicted molar refractivity (Wildman–Crippen MR) is 65.1 cm³/mol. The minimum atomic E-state index is -3.94. The van der Waals surface area contributed by atoms with Crippen LogP contribution in [0.2, 0.25) is 0 Å². The largest absolute Gasteiger partial charge is 0.494 e. The summed E-state index contributed by atoms with van der Waals surface area (Å²) in [5.74, 6) is -1.57. The SMILES string of the molecule is COc1cnc(CS(=O)(=O)n2cnnc2C(N)=O)nc1. The van der Waals surface area contributed by atoms with E-state index >= 15 is 0 Å². The number of carbonyl (C=O) groups is 1. The van der Waals surface area contributed by atoms with Gasteiger partial charge in [0.1, 0.15) is 17.9 Å². The molecular formula is C9H10N6O4S. The molecule has 0 aliphatic heterocycles. The maximum atomic E-state index is 12.1. The third kappa shape index (κ3) is 2.71. The summed E-state index contributed by atoms with van der Waals surface area (Å²) in [5.41, 5.74) is 5.01. The van der Waals surface area contributed by atoms with Crippen molar-refractivity contribution in [3.63, 3.8) is 0 Å². The van der Waals surface area contributed by atoms with Gasteiger partial charge in [-0.15, -0.1) is 10.2 Å². The van der Waals surface area contributed by atoms with E-state index in [2.05, 4.69) is 20.2 Å². The molecule has 0 atom stereocenters. The van der Waals surface area contributed by atoms with Crippen LogP contribution in [0, 0.1) is 0 Å². The van der Waals surface area contributed by atoms with Crippen LogP contribution in [0.15, 0.2) is 18.7 Å².